The summed E-state index contributed by atoms with van der Waals surface area (Å²) in [6, 6.07) is 4.68. The van der Waals surface area contributed by atoms with Crippen LogP contribution in [0.25, 0.3) is 0 Å². The van der Waals surface area contributed by atoms with Crippen LogP contribution in [0.15, 0.2) is 16.5 Å². The lowest BCUT2D eigenvalue weighted by Gasteiger charge is -2.42. The van der Waals surface area contributed by atoms with E-state index in [-0.39, 0.29) is 18.7 Å². The maximum Gasteiger partial charge on any atom is 0.122 e. The van der Waals surface area contributed by atoms with Gasteiger partial charge < -0.3 is 15.3 Å². The van der Waals surface area contributed by atoms with Crippen LogP contribution >= 0.6 is 0 Å². The van der Waals surface area contributed by atoms with Gasteiger partial charge >= 0.3 is 0 Å². The lowest BCUT2D eigenvalue weighted by atomic mass is 9.93. The van der Waals surface area contributed by atoms with E-state index in [1.54, 1.807) is 0 Å². The Kier molecular flexibility index (Phi) is 5.64. The quantitative estimate of drug-likeness (QED) is 0.841. The monoisotopic (exact) mass is 280 g/mol. The summed E-state index contributed by atoms with van der Waals surface area (Å²) in [5.41, 5.74) is 6.38. The van der Waals surface area contributed by atoms with Crippen molar-refractivity contribution in [2.45, 2.75) is 64.1 Å². The molecule has 0 amide bonds. The molecule has 1 saturated heterocycles. The summed E-state index contributed by atoms with van der Waals surface area (Å²) in [5.74, 6) is 1.91. The Hall–Kier alpha value is -0.840. The fraction of sp³-hybridized carbons (Fsp3) is 0.750. The zero-order chi connectivity index (χ0) is 14.5. The van der Waals surface area contributed by atoms with Crippen molar-refractivity contribution >= 4 is 0 Å². The van der Waals surface area contributed by atoms with Crippen molar-refractivity contribution in [3.63, 3.8) is 0 Å². The van der Waals surface area contributed by atoms with Gasteiger partial charge in [0.15, 0.2) is 0 Å². The third-order valence-corrected chi connectivity index (χ3v) is 4.42. The summed E-state index contributed by atoms with van der Waals surface area (Å²) in [4.78, 5) is 2.46. The van der Waals surface area contributed by atoms with Crippen LogP contribution in [0.1, 0.15) is 56.6 Å². The Balaban J connectivity index is 2.24. The molecular weight excluding hydrogens is 252 g/mol. The van der Waals surface area contributed by atoms with Crippen molar-refractivity contribution in [1.29, 1.82) is 0 Å². The van der Waals surface area contributed by atoms with Gasteiger partial charge in [-0.3, -0.25) is 4.90 Å². The van der Waals surface area contributed by atoms with E-state index in [0.29, 0.717) is 6.04 Å². The minimum atomic E-state index is 0.0693. The maximum absolute atomic E-state index is 9.31. The number of furan rings is 1. The summed E-state index contributed by atoms with van der Waals surface area (Å²) >= 11 is 0. The highest BCUT2D eigenvalue weighted by Crippen LogP contribution is 2.33. The van der Waals surface area contributed by atoms with E-state index in [4.69, 9.17) is 10.2 Å². The number of nitrogens with two attached hydrogens (primary N) is 1. The summed E-state index contributed by atoms with van der Waals surface area (Å²) in [6.07, 6.45) is 5.34. The summed E-state index contributed by atoms with van der Waals surface area (Å²) in [7, 11) is 0. The highest BCUT2D eigenvalue weighted by atomic mass is 16.3. The third-order valence-electron chi connectivity index (χ3n) is 4.42. The van der Waals surface area contributed by atoms with Crippen LogP contribution in [0.4, 0.5) is 0 Å². The van der Waals surface area contributed by atoms with Crippen LogP contribution in [0, 0.1) is 6.92 Å². The lowest BCUT2D eigenvalue weighted by molar-refractivity contribution is 0.0512. The maximum atomic E-state index is 9.31. The van der Waals surface area contributed by atoms with E-state index in [1.807, 2.05) is 13.0 Å². The molecule has 1 aromatic rings. The zero-order valence-electron chi connectivity index (χ0n) is 12.7. The van der Waals surface area contributed by atoms with E-state index in [9.17, 15) is 5.11 Å². The molecule has 0 radical (unpaired) electrons. The van der Waals surface area contributed by atoms with Crippen LogP contribution in [0.2, 0.25) is 0 Å². The summed E-state index contributed by atoms with van der Waals surface area (Å²) < 4.78 is 5.86. The van der Waals surface area contributed by atoms with Crippen LogP contribution in [0.3, 0.4) is 0 Å². The predicted molar refractivity (Wildman–Crippen MR) is 80.5 cm³/mol. The molecule has 0 spiro atoms. The highest BCUT2D eigenvalue weighted by Gasteiger charge is 2.34. The SMILES string of the molecule is CCC(N)C(c1ccc(C)o1)N1CCCCC1CCO. The van der Waals surface area contributed by atoms with Gasteiger partial charge in [0.2, 0.25) is 0 Å². The van der Waals surface area contributed by atoms with Gasteiger partial charge in [-0.25, -0.2) is 0 Å². The number of rotatable bonds is 6. The normalized spacial score (nSPS) is 23.7. The van der Waals surface area contributed by atoms with Crippen LogP contribution in [-0.4, -0.2) is 35.2 Å². The molecule has 0 bridgehead atoms. The number of aryl methyl sites for hydroxylation is 1. The average molecular weight is 280 g/mol. The molecule has 20 heavy (non-hydrogen) atoms. The second kappa shape index (κ2) is 7.25. The molecule has 1 aromatic heterocycles. The second-order valence-corrected chi connectivity index (χ2v) is 5.87. The molecule has 3 N–H and O–H groups in total. The summed E-state index contributed by atoms with van der Waals surface area (Å²) in [5, 5.41) is 9.31. The first-order chi connectivity index (χ1) is 9.67. The van der Waals surface area contributed by atoms with Gasteiger partial charge in [-0.05, 0) is 51.3 Å². The molecule has 0 aromatic carbocycles. The number of likely N-dealkylation sites (tertiary alicyclic amines) is 1. The molecule has 114 valence electrons. The minimum absolute atomic E-state index is 0.0693. The Morgan fingerprint density at radius 1 is 1.45 bits per heavy atom. The van der Waals surface area contributed by atoms with Crippen LogP contribution < -0.4 is 5.73 Å². The number of hydrogen-bond acceptors (Lipinski definition) is 4. The van der Waals surface area contributed by atoms with Crippen molar-refractivity contribution in [3.05, 3.63) is 23.7 Å². The van der Waals surface area contributed by atoms with Crippen molar-refractivity contribution in [2.24, 2.45) is 5.73 Å². The minimum Gasteiger partial charge on any atom is -0.465 e. The molecule has 3 atom stereocenters. The van der Waals surface area contributed by atoms with Gasteiger partial charge in [-0.2, -0.15) is 0 Å². The zero-order valence-corrected chi connectivity index (χ0v) is 12.7. The molecular formula is C16H28N2O2. The smallest absolute Gasteiger partial charge is 0.122 e. The van der Waals surface area contributed by atoms with Crippen LogP contribution in [-0.2, 0) is 0 Å². The van der Waals surface area contributed by atoms with E-state index < -0.39 is 0 Å². The van der Waals surface area contributed by atoms with Crippen molar-refractivity contribution in [1.82, 2.24) is 4.90 Å². The van der Waals surface area contributed by atoms with Crippen molar-refractivity contribution < 1.29 is 9.52 Å². The molecule has 1 fully saturated rings. The third kappa shape index (κ3) is 3.43. The van der Waals surface area contributed by atoms with E-state index in [1.165, 1.54) is 12.8 Å². The number of aliphatic hydroxyl groups is 1. The molecule has 1 aliphatic heterocycles. The fourth-order valence-corrected chi connectivity index (χ4v) is 3.30. The predicted octanol–water partition coefficient (Wildman–Crippen LogP) is 2.60. The van der Waals surface area contributed by atoms with Crippen molar-refractivity contribution in [3.8, 4) is 0 Å². The number of piperidine rings is 1. The van der Waals surface area contributed by atoms with E-state index in [0.717, 1.165) is 37.3 Å². The summed E-state index contributed by atoms with van der Waals surface area (Å²) in [6.45, 7) is 5.38. The molecule has 0 saturated carbocycles. The van der Waals surface area contributed by atoms with Gasteiger partial charge in [0.1, 0.15) is 11.5 Å². The first-order valence-electron chi connectivity index (χ1n) is 7.85. The first kappa shape index (κ1) is 15.5. The van der Waals surface area contributed by atoms with Crippen LogP contribution in [0.5, 0.6) is 0 Å². The molecule has 0 aliphatic carbocycles. The molecule has 1 aliphatic rings. The fourth-order valence-electron chi connectivity index (χ4n) is 3.30. The Labute approximate surface area is 121 Å². The number of nitrogens with zero attached hydrogens (tertiary/aromatic N) is 1. The molecule has 4 heteroatoms. The van der Waals surface area contributed by atoms with E-state index >= 15 is 0 Å². The van der Waals surface area contributed by atoms with Gasteiger partial charge in [0.05, 0.1) is 6.04 Å². The molecule has 3 unspecified atom stereocenters. The topological polar surface area (TPSA) is 62.6 Å². The molecule has 2 rings (SSSR count). The second-order valence-electron chi connectivity index (χ2n) is 5.87. The Morgan fingerprint density at radius 2 is 2.25 bits per heavy atom. The largest absolute Gasteiger partial charge is 0.465 e. The Morgan fingerprint density at radius 3 is 2.85 bits per heavy atom. The highest BCUT2D eigenvalue weighted by molar-refractivity contribution is 5.13. The van der Waals surface area contributed by atoms with E-state index in [2.05, 4.69) is 17.9 Å². The molecule has 4 nitrogen and oxygen atoms in total. The van der Waals surface area contributed by atoms with Gasteiger partial charge in [-0.1, -0.05) is 13.3 Å². The average Bonchev–Trinajstić information content (AvgIpc) is 2.87. The Bertz CT molecular complexity index is 403. The molecule has 2 heterocycles. The van der Waals surface area contributed by atoms with Crippen molar-refractivity contribution in [2.75, 3.05) is 13.2 Å². The van der Waals surface area contributed by atoms with Gasteiger partial charge in [-0.15, -0.1) is 0 Å². The van der Waals surface area contributed by atoms with Gasteiger partial charge in [0.25, 0.3) is 0 Å². The number of aliphatic hydroxyl groups excluding tert-OH is 1. The standard InChI is InChI=1S/C16H28N2O2/c1-3-14(17)16(15-8-7-12(2)20-15)18-10-5-4-6-13(18)9-11-19/h7-8,13-14,16,19H,3-6,9-11,17H2,1-2H3. The lowest BCUT2D eigenvalue weighted by Crippen LogP contribution is -2.48. The number of hydrogen-bond donors (Lipinski definition) is 2. The first-order valence-corrected chi connectivity index (χ1v) is 7.85. The van der Waals surface area contributed by atoms with Gasteiger partial charge in [0, 0.05) is 18.7 Å².